The predicted octanol–water partition coefficient (Wildman–Crippen LogP) is -0.225. The number of halogens is 1. The highest BCUT2D eigenvalue weighted by Gasteiger charge is 2.49. The van der Waals surface area contributed by atoms with Crippen LogP contribution in [0.5, 0.6) is 0 Å². The molecular weight excluding hydrogens is 447 g/mol. The number of benzene rings is 2. The molecule has 0 spiro atoms. The van der Waals surface area contributed by atoms with Gasteiger partial charge in [-0.25, -0.2) is 9.18 Å². The van der Waals surface area contributed by atoms with Crippen LogP contribution in [0.3, 0.4) is 0 Å². The lowest BCUT2D eigenvalue weighted by Crippen LogP contribution is -2.64. The summed E-state index contributed by atoms with van der Waals surface area (Å²) in [5, 5.41) is 38.7. The van der Waals surface area contributed by atoms with Crippen LogP contribution in [0.1, 0.15) is 18.4 Å². The van der Waals surface area contributed by atoms with Gasteiger partial charge in [-0.05, 0) is 23.8 Å². The molecule has 0 aromatic heterocycles. The van der Waals surface area contributed by atoms with E-state index in [1.165, 1.54) is 18.2 Å². The van der Waals surface area contributed by atoms with Crippen molar-refractivity contribution in [3.63, 3.8) is 0 Å². The number of amides is 4. The molecule has 4 amide bonds. The number of urea groups is 1. The van der Waals surface area contributed by atoms with Crippen molar-refractivity contribution in [3.05, 3.63) is 66.0 Å². The summed E-state index contributed by atoms with van der Waals surface area (Å²) in [6.07, 6.45) is -3.93. The maximum Gasteiger partial charge on any atom is 0.319 e. The first-order valence-corrected chi connectivity index (χ1v) is 10.6. The number of carbonyl (C=O) groups is 3. The minimum absolute atomic E-state index is 0.0842. The van der Waals surface area contributed by atoms with Gasteiger partial charge in [-0.2, -0.15) is 0 Å². The standard InChI is InChI=1S/C23H27FN4O6/c24-14-7-4-8-15(10-14)26-22(33)28-17-11-23(34,12-18(29)19(17)30)21(32)27-16(20(25)31)9-13-5-2-1-3-6-13/h1-8,10,16-19,29-30,34H,9,11-12H2,(H2,25,31)(H,27,32)(H2,26,28,33)/t16-,17+,18-,19-,23-/m1/s1. The quantitative estimate of drug-likeness (QED) is 0.292. The molecule has 5 atom stereocenters. The molecule has 3 rings (SSSR count). The topological polar surface area (TPSA) is 174 Å². The Kier molecular flexibility index (Phi) is 7.82. The van der Waals surface area contributed by atoms with Crippen molar-refractivity contribution in [2.45, 2.75) is 49.2 Å². The molecule has 1 aliphatic carbocycles. The van der Waals surface area contributed by atoms with Gasteiger partial charge in [-0.3, -0.25) is 9.59 Å². The van der Waals surface area contributed by atoms with Crippen molar-refractivity contribution in [1.82, 2.24) is 10.6 Å². The van der Waals surface area contributed by atoms with Gasteiger partial charge in [0, 0.05) is 24.9 Å². The van der Waals surface area contributed by atoms with E-state index >= 15 is 0 Å². The Morgan fingerprint density at radius 2 is 1.79 bits per heavy atom. The maximum absolute atomic E-state index is 13.3. The van der Waals surface area contributed by atoms with E-state index in [-0.39, 0.29) is 12.1 Å². The largest absolute Gasteiger partial charge is 0.390 e. The van der Waals surface area contributed by atoms with Gasteiger partial charge in [0.15, 0.2) is 0 Å². The molecule has 0 saturated heterocycles. The van der Waals surface area contributed by atoms with Crippen molar-refractivity contribution >= 4 is 23.5 Å². The minimum atomic E-state index is -2.21. The monoisotopic (exact) mass is 474 g/mol. The number of aliphatic hydroxyl groups excluding tert-OH is 2. The summed E-state index contributed by atoms with van der Waals surface area (Å²) < 4.78 is 13.3. The van der Waals surface area contributed by atoms with E-state index in [0.29, 0.717) is 0 Å². The lowest BCUT2D eigenvalue weighted by Gasteiger charge is -2.41. The molecule has 0 aliphatic heterocycles. The van der Waals surface area contributed by atoms with Crippen molar-refractivity contribution in [3.8, 4) is 0 Å². The Balaban J connectivity index is 1.68. The third-order valence-electron chi connectivity index (χ3n) is 5.66. The second kappa shape index (κ2) is 10.6. The van der Waals surface area contributed by atoms with E-state index in [1.807, 2.05) is 0 Å². The number of nitrogens with one attached hydrogen (secondary N) is 3. The molecule has 11 heteroatoms. The Morgan fingerprint density at radius 1 is 1.09 bits per heavy atom. The molecule has 8 N–H and O–H groups in total. The molecule has 0 bridgehead atoms. The first kappa shape index (κ1) is 25.1. The number of hydrogen-bond donors (Lipinski definition) is 7. The smallest absolute Gasteiger partial charge is 0.319 e. The Labute approximate surface area is 195 Å². The Bertz CT molecular complexity index is 1040. The Morgan fingerprint density at radius 3 is 2.44 bits per heavy atom. The number of carbonyl (C=O) groups excluding carboxylic acids is 3. The van der Waals surface area contributed by atoms with Crippen molar-refractivity contribution in [2.75, 3.05) is 5.32 Å². The second-order valence-electron chi connectivity index (χ2n) is 8.33. The molecule has 34 heavy (non-hydrogen) atoms. The van der Waals surface area contributed by atoms with Gasteiger partial charge in [0.25, 0.3) is 5.91 Å². The molecule has 10 nitrogen and oxygen atoms in total. The fourth-order valence-electron chi connectivity index (χ4n) is 3.89. The maximum atomic E-state index is 13.3. The van der Waals surface area contributed by atoms with Crippen LogP contribution in [0.4, 0.5) is 14.9 Å². The fourth-order valence-corrected chi connectivity index (χ4v) is 3.89. The first-order valence-electron chi connectivity index (χ1n) is 10.6. The molecule has 2 aromatic rings. The van der Waals surface area contributed by atoms with Crippen LogP contribution < -0.4 is 21.7 Å². The number of rotatable bonds is 7. The van der Waals surface area contributed by atoms with Gasteiger partial charge in [-0.1, -0.05) is 36.4 Å². The van der Waals surface area contributed by atoms with Crippen LogP contribution in [0.15, 0.2) is 54.6 Å². The van der Waals surface area contributed by atoms with E-state index in [9.17, 15) is 34.1 Å². The first-order chi connectivity index (χ1) is 16.1. The third kappa shape index (κ3) is 6.28. The van der Waals surface area contributed by atoms with Crippen LogP contribution in [0.2, 0.25) is 0 Å². The molecule has 0 unspecified atom stereocenters. The zero-order valence-electron chi connectivity index (χ0n) is 18.1. The van der Waals surface area contributed by atoms with Crippen LogP contribution in [0.25, 0.3) is 0 Å². The zero-order valence-corrected chi connectivity index (χ0v) is 18.1. The highest BCUT2D eigenvalue weighted by molar-refractivity contribution is 5.92. The van der Waals surface area contributed by atoms with Crippen molar-refractivity contribution < 1.29 is 34.1 Å². The van der Waals surface area contributed by atoms with Crippen molar-refractivity contribution in [2.24, 2.45) is 5.73 Å². The van der Waals surface area contributed by atoms with Gasteiger partial charge in [-0.15, -0.1) is 0 Å². The van der Waals surface area contributed by atoms with Crippen LogP contribution in [-0.2, 0) is 16.0 Å². The fraction of sp³-hybridized carbons (Fsp3) is 0.348. The van der Waals surface area contributed by atoms with Crippen LogP contribution in [0, 0.1) is 5.82 Å². The van der Waals surface area contributed by atoms with Gasteiger partial charge < -0.3 is 37.0 Å². The average molecular weight is 474 g/mol. The van der Waals surface area contributed by atoms with Crippen LogP contribution >= 0.6 is 0 Å². The number of hydrogen-bond acceptors (Lipinski definition) is 6. The molecule has 2 aromatic carbocycles. The molecular formula is C23H27FN4O6. The summed E-state index contributed by atoms with van der Waals surface area (Å²) in [4.78, 5) is 37.1. The van der Waals surface area contributed by atoms with E-state index < -0.39 is 66.4 Å². The zero-order chi connectivity index (χ0) is 24.9. The molecule has 1 saturated carbocycles. The van der Waals surface area contributed by atoms with Crippen molar-refractivity contribution in [1.29, 1.82) is 0 Å². The lowest BCUT2D eigenvalue weighted by molar-refractivity contribution is -0.158. The average Bonchev–Trinajstić information content (AvgIpc) is 2.77. The van der Waals surface area contributed by atoms with E-state index in [1.54, 1.807) is 30.3 Å². The molecule has 1 aliphatic rings. The summed E-state index contributed by atoms with van der Waals surface area (Å²) >= 11 is 0. The number of aliphatic hydroxyl groups is 3. The number of primary amides is 1. The van der Waals surface area contributed by atoms with Gasteiger partial charge in [0.1, 0.15) is 23.6 Å². The molecule has 0 radical (unpaired) electrons. The summed E-state index contributed by atoms with van der Waals surface area (Å²) in [6.45, 7) is 0. The second-order valence-corrected chi connectivity index (χ2v) is 8.33. The molecule has 1 fully saturated rings. The highest BCUT2D eigenvalue weighted by Crippen LogP contribution is 2.30. The lowest BCUT2D eigenvalue weighted by atomic mass is 9.77. The molecule has 182 valence electrons. The SMILES string of the molecule is NC(=O)[C@@H](Cc1ccccc1)NC(=O)[C@]1(O)C[C@@H](O)[C@H](O)[C@@H](NC(=O)Nc2cccc(F)c2)C1. The van der Waals surface area contributed by atoms with E-state index in [2.05, 4.69) is 16.0 Å². The van der Waals surface area contributed by atoms with E-state index in [4.69, 9.17) is 5.73 Å². The summed E-state index contributed by atoms with van der Waals surface area (Å²) in [6, 6.07) is 10.7. The highest BCUT2D eigenvalue weighted by atomic mass is 19.1. The van der Waals surface area contributed by atoms with Gasteiger partial charge >= 0.3 is 6.03 Å². The minimum Gasteiger partial charge on any atom is -0.390 e. The van der Waals surface area contributed by atoms with E-state index in [0.717, 1.165) is 11.6 Å². The normalized spacial score (nSPS) is 25.1. The Hall–Kier alpha value is -3.54. The number of nitrogens with two attached hydrogens (primary N) is 1. The third-order valence-corrected chi connectivity index (χ3v) is 5.66. The number of anilines is 1. The van der Waals surface area contributed by atoms with Gasteiger partial charge in [0.2, 0.25) is 5.91 Å². The molecule has 0 heterocycles. The summed E-state index contributed by atoms with van der Waals surface area (Å²) in [5.74, 6) is -2.37. The summed E-state index contributed by atoms with van der Waals surface area (Å²) in [5.41, 5.74) is 4.08. The van der Waals surface area contributed by atoms with Crippen LogP contribution in [-0.4, -0.2) is 63.1 Å². The summed E-state index contributed by atoms with van der Waals surface area (Å²) in [7, 11) is 0. The van der Waals surface area contributed by atoms with Gasteiger partial charge in [0.05, 0.1) is 12.1 Å². The predicted molar refractivity (Wildman–Crippen MR) is 120 cm³/mol.